The van der Waals surface area contributed by atoms with Crippen molar-refractivity contribution in [3.63, 3.8) is 0 Å². The van der Waals surface area contributed by atoms with Crippen LogP contribution >= 0.6 is 0 Å². The molecular weight excluding hydrogens is 248 g/mol. The van der Waals surface area contributed by atoms with Gasteiger partial charge in [-0.15, -0.1) is 0 Å². The van der Waals surface area contributed by atoms with Gasteiger partial charge in [-0.2, -0.15) is 0 Å². The van der Waals surface area contributed by atoms with E-state index in [2.05, 4.69) is 24.1 Å². The van der Waals surface area contributed by atoms with Crippen LogP contribution in [0.1, 0.15) is 25.0 Å². The van der Waals surface area contributed by atoms with E-state index < -0.39 is 0 Å². The van der Waals surface area contributed by atoms with Crippen LogP contribution in [-0.4, -0.2) is 11.5 Å². The van der Waals surface area contributed by atoms with Gasteiger partial charge in [-0.05, 0) is 37.1 Å². The van der Waals surface area contributed by atoms with Gasteiger partial charge < -0.3 is 10.1 Å². The van der Waals surface area contributed by atoms with E-state index in [0.29, 0.717) is 11.8 Å². The van der Waals surface area contributed by atoms with Crippen molar-refractivity contribution in [2.24, 2.45) is 5.92 Å². The molecule has 1 heterocycles. The lowest BCUT2D eigenvalue weighted by Gasteiger charge is -2.12. The summed E-state index contributed by atoms with van der Waals surface area (Å²) in [5.74, 6) is 2.17. The maximum atomic E-state index is 5.95. The number of hydrogen-bond acceptors (Lipinski definition) is 3. The molecule has 2 aromatic rings. The molecule has 0 saturated carbocycles. The third-order valence-electron chi connectivity index (χ3n) is 3.02. The van der Waals surface area contributed by atoms with Gasteiger partial charge in [0.2, 0.25) is 5.88 Å². The Balaban J connectivity index is 2.10. The van der Waals surface area contributed by atoms with E-state index in [9.17, 15) is 0 Å². The maximum absolute atomic E-state index is 5.95. The molecule has 1 aromatic carbocycles. The summed E-state index contributed by atoms with van der Waals surface area (Å²) in [5.41, 5.74) is 2.19. The third kappa shape index (κ3) is 4.07. The quantitative estimate of drug-likeness (QED) is 0.863. The average Bonchev–Trinajstić information content (AvgIpc) is 2.43. The highest BCUT2D eigenvalue weighted by atomic mass is 16.5. The molecule has 20 heavy (non-hydrogen) atoms. The number of aryl methyl sites for hydroxylation is 1. The standard InChI is InChI=1S/C17H22N2O/c1-13(2)11-18-12-15-8-6-10-19-17(15)20-16-9-5-4-7-14(16)3/h4-10,13,18H,11-12H2,1-3H3. The Kier molecular flexibility index (Phi) is 5.13. The van der Waals surface area contributed by atoms with E-state index in [-0.39, 0.29) is 0 Å². The fraction of sp³-hybridized carbons (Fsp3) is 0.353. The summed E-state index contributed by atoms with van der Waals surface area (Å²) in [7, 11) is 0. The molecule has 0 saturated heterocycles. The fourth-order valence-corrected chi connectivity index (χ4v) is 1.92. The first-order valence-corrected chi connectivity index (χ1v) is 7.05. The molecule has 0 aliphatic carbocycles. The zero-order chi connectivity index (χ0) is 14.4. The third-order valence-corrected chi connectivity index (χ3v) is 3.02. The first kappa shape index (κ1) is 14.5. The van der Waals surface area contributed by atoms with Crippen molar-refractivity contribution in [3.05, 3.63) is 53.7 Å². The summed E-state index contributed by atoms with van der Waals surface area (Å²) in [6.45, 7) is 8.18. The summed E-state index contributed by atoms with van der Waals surface area (Å²) in [5, 5.41) is 3.42. The van der Waals surface area contributed by atoms with Gasteiger partial charge in [-0.1, -0.05) is 38.1 Å². The van der Waals surface area contributed by atoms with E-state index in [4.69, 9.17) is 4.74 Å². The van der Waals surface area contributed by atoms with Gasteiger partial charge >= 0.3 is 0 Å². The highest BCUT2D eigenvalue weighted by Gasteiger charge is 2.07. The first-order valence-electron chi connectivity index (χ1n) is 7.05. The van der Waals surface area contributed by atoms with Crippen molar-refractivity contribution in [3.8, 4) is 11.6 Å². The van der Waals surface area contributed by atoms with E-state index in [1.54, 1.807) is 6.20 Å². The number of pyridine rings is 1. The van der Waals surface area contributed by atoms with E-state index in [0.717, 1.165) is 30.0 Å². The number of benzene rings is 1. The highest BCUT2D eigenvalue weighted by Crippen LogP contribution is 2.25. The number of ether oxygens (including phenoxy) is 1. The van der Waals surface area contributed by atoms with Gasteiger partial charge in [0.25, 0.3) is 0 Å². The fourth-order valence-electron chi connectivity index (χ4n) is 1.92. The lowest BCUT2D eigenvalue weighted by atomic mass is 10.2. The summed E-state index contributed by atoms with van der Waals surface area (Å²) in [4.78, 5) is 4.35. The second-order valence-electron chi connectivity index (χ2n) is 5.36. The Labute approximate surface area is 121 Å². The minimum Gasteiger partial charge on any atom is -0.438 e. The molecule has 0 spiro atoms. The van der Waals surface area contributed by atoms with Crippen molar-refractivity contribution in [1.29, 1.82) is 0 Å². The molecule has 0 bridgehead atoms. The van der Waals surface area contributed by atoms with E-state index >= 15 is 0 Å². The predicted octanol–water partition coefficient (Wildman–Crippen LogP) is 3.93. The average molecular weight is 270 g/mol. The molecule has 0 unspecified atom stereocenters. The van der Waals surface area contributed by atoms with Crippen molar-refractivity contribution in [2.75, 3.05) is 6.54 Å². The van der Waals surface area contributed by atoms with Gasteiger partial charge in [0, 0.05) is 18.3 Å². The molecule has 3 nitrogen and oxygen atoms in total. The number of nitrogens with zero attached hydrogens (tertiary/aromatic N) is 1. The van der Waals surface area contributed by atoms with Crippen LogP contribution in [0.3, 0.4) is 0 Å². The van der Waals surface area contributed by atoms with Crippen LogP contribution in [0.15, 0.2) is 42.6 Å². The summed E-state index contributed by atoms with van der Waals surface area (Å²) < 4.78 is 5.95. The number of aromatic nitrogens is 1. The number of hydrogen-bond donors (Lipinski definition) is 1. The van der Waals surface area contributed by atoms with Crippen molar-refractivity contribution in [1.82, 2.24) is 10.3 Å². The van der Waals surface area contributed by atoms with Crippen LogP contribution in [0.2, 0.25) is 0 Å². The Morgan fingerprint density at radius 1 is 1.15 bits per heavy atom. The Morgan fingerprint density at radius 3 is 2.70 bits per heavy atom. The molecule has 1 aromatic heterocycles. The van der Waals surface area contributed by atoms with Gasteiger partial charge in [-0.3, -0.25) is 0 Å². The zero-order valence-corrected chi connectivity index (χ0v) is 12.4. The molecule has 0 fully saturated rings. The minimum absolute atomic E-state index is 0.632. The summed E-state index contributed by atoms with van der Waals surface area (Å²) in [6.07, 6.45) is 1.76. The van der Waals surface area contributed by atoms with Crippen molar-refractivity contribution >= 4 is 0 Å². The SMILES string of the molecule is Cc1ccccc1Oc1ncccc1CNCC(C)C. The number of para-hydroxylation sites is 1. The number of rotatable bonds is 6. The molecule has 106 valence electrons. The second-order valence-corrected chi connectivity index (χ2v) is 5.36. The van der Waals surface area contributed by atoms with Gasteiger partial charge in [-0.25, -0.2) is 4.98 Å². The van der Waals surface area contributed by atoms with Gasteiger partial charge in [0.1, 0.15) is 5.75 Å². The molecule has 1 N–H and O–H groups in total. The summed E-state index contributed by atoms with van der Waals surface area (Å²) in [6, 6.07) is 12.0. The van der Waals surface area contributed by atoms with Gasteiger partial charge in [0.15, 0.2) is 0 Å². The lowest BCUT2D eigenvalue weighted by Crippen LogP contribution is -2.19. The number of nitrogens with one attached hydrogen (secondary N) is 1. The molecular formula is C17H22N2O. The minimum atomic E-state index is 0.632. The van der Waals surface area contributed by atoms with Crippen LogP contribution in [0, 0.1) is 12.8 Å². The molecule has 0 radical (unpaired) electrons. The molecule has 2 rings (SSSR count). The monoisotopic (exact) mass is 270 g/mol. The Morgan fingerprint density at radius 2 is 1.95 bits per heavy atom. The van der Waals surface area contributed by atoms with Crippen LogP contribution in [0.25, 0.3) is 0 Å². The molecule has 0 aliphatic rings. The first-order chi connectivity index (χ1) is 9.66. The van der Waals surface area contributed by atoms with Crippen LogP contribution in [-0.2, 0) is 6.54 Å². The van der Waals surface area contributed by atoms with Crippen LogP contribution in [0.5, 0.6) is 11.6 Å². The Hall–Kier alpha value is -1.87. The van der Waals surface area contributed by atoms with Crippen molar-refractivity contribution < 1.29 is 4.74 Å². The predicted molar refractivity (Wildman–Crippen MR) is 82.0 cm³/mol. The maximum Gasteiger partial charge on any atom is 0.223 e. The van der Waals surface area contributed by atoms with E-state index in [1.165, 1.54) is 0 Å². The normalized spacial score (nSPS) is 10.8. The van der Waals surface area contributed by atoms with Crippen LogP contribution in [0.4, 0.5) is 0 Å². The zero-order valence-electron chi connectivity index (χ0n) is 12.4. The molecule has 0 atom stereocenters. The molecule has 0 amide bonds. The second kappa shape index (κ2) is 7.06. The Bertz CT molecular complexity index is 552. The highest BCUT2D eigenvalue weighted by molar-refractivity contribution is 5.37. The van der Waals surface area contributed by atoms with Gasteiger partial charge in [0.05, 0.1) is 0 Å². The van der Waals surface area contributed by atoms with Crippen molar-refractivity contribution in [2.45, 2.75) is 27.3 Å². The largest absolute Gasteiger partial charge is 0.438 e. The smallest absolute Gasteiger partial charge is 0.223 e. The molecule has 0 aliphatic heterocycles. The van der Waals surface area contributed by atoms with Crippen LogP contribution < -0.4 is 10.1 Å². The topological polar surface area (TPSA) is 34.1 Å². The lowest BCUT2D eigenvalue weighted by molar-refractivity contribution is 0.447. The molecule has 3 heteroatoms. The van der Waals surface area contributed by atoms with E-state index in [1.807, 2.05) is 43.3 Å². The summed E-state index contributed by atoms with van der Waals surface area (Å²) >= 11 is 0.